The van der Waals surface area contributed by atoms with Gasteiger partial charge in [0.25, 0.3) is 0 Å². The highest BCUT2D eigenvalue weighted by atomic mass is 19.4. The minimum Gasteiger partial charge on any atom is -0.493 e. The number of hydrogen-bond donors (Lipinski definition) is 1. The molecule has 1 aromatic carbocycles. The molecule has 0 spiro atoms. The van der Waals surface area contributed by atoms with E-state index < -0.39 is 12.6 Å². The van der Waals surface area contributed by atoms with Crippen molar-refractivity contribution in [2.75, 3.05) is 13.2 Å². The Hall–Kier alpha value is -1.23. The first kappa shape index (κ1) is 14.2. The second-order valence-corrected chi connectivity index (χ2v) is 4.98. The summed E-state index contributed by atoms with van der Waals surface area (Å²) in [5.74, 6) is 1.08. The lowest BCUT2D eigenvalue weighted by Crippen LogP contribution is -2.34. The first-order valence-electron chi connectivity index (χ1n) is 6.49. The topological polar surface area (TPSA) is 21.3 Å². The number of para-hydroxylation sites is 1. The minimum absolute atomic E-state index is 0.0678. The van der Waals surface area contributed by atoms with E-state index in [2.05, 4.69) is 5.32 Å². The smallest absolute Gasteiger partial charge is 0.389 e. The van der Waals surface area contributed by atoms with Crippen LogP contribution in [0.25, 0.3) is 0 Å². The average molecular weight is 273 g/mol. The van der Waals surface area contributed by atoms with Gasteiger partial charge >= 0.3 is 6.18 Å². The molecule has 19 heavy (non-hydrogen) atoms. The summed E-state index contributed by atoms with van der Waals surface area (Å²) in [5, 5.41) is 3.22. The van der Waals surface area contributed by atoms with Crippen molar-refractivity contribution < 1.29 is 17.9 Å². The third-order valence-electron chi connectivity index (χ3n) is 3.33. The van der Waals surface area contributed by atoms with E-state index >= 15 is 0 Å². The van der Waals surface area contributed by atoms with E-state index in [1.54, 1.807) is 0 Å². The van der Waals surface area contributed by atoms with Gasteiger partial charge in [-0.1, -0.05) is 25.1 Å². The van der Waals surface area contributed by atoms with Crippen LogP contribution in [0.1, 0.15) is 31.4 Å². The van der Waals surface area contributed by atoms with Gasteiger partial charge < -0.3 is 10.1 Å². The molecule has 0 radical (unpaired) electrons. The summed E-state index contributed by atoms with van der Waals surface area (Å²) >= 11 is 0. The zero-order valence-electron chi connectivity index (χ0n) is 10.8. The zero-order valence-corrected chi connectivity index (χ0v) is 10.8. The number of hydrogen-bond acceptors (Lipinski definition) is 2. The largest absolute Gasteiger partial charge is 0.493 e. The highest BCUT2D eigenvalue weighted by Crippen LogP contribution is 2.35. The Morgan fingerprint density at radius 3 is 2.79 bits per heavy atom. The van der Waals surface area contributed by atoms with E-state index in [9.17, 15) is 13.2 Å². The Kier molecular flexibility index (Phi) is 4.34. The van der Waals surface area contributed by atoms with Gasteiger partial charge in [-0.15, -0.1) is 0 Å². The van der Waals surface area contributed by atoms with Crippen molar-refractivity contribution in [1.82, 2.24) is 5.32 Å². The third kappa shape index (κ3) is 3.86. The van der Waals surface area contributed by atoms with Crippen LogP contribution in [0, 0.1) is 5.92 Å². The lowest BCUT2D eigenvalue weighted by atomic mass is 9.92. The molecule has 0 aromatic heterocycles. The Bertz CT molecular complexity index is 419. The highest BCUT2D eigenvalue weighted by Gasteiger charge is 2.29. The number of ether oxygens (including phenoxy) is 1. The van der Waals surface area contributed by atoms with Crippen LogP contribution in [-0.4, -0.2) is 19.3 Å². The number of fused-ring (bicyclic) bond motifs is 1. The average Bonchev–Trinajstić information content (AvgIpc) is 2.35. The maximum atomic E-state index is 12.1. The van der Waals surface area contributed by atoms with Crippen molar-refractivity contribution in [3.8, 4) is 5.75 Å². The summed E-state index contributed by atoms with van der Waals surface area (Å²) in [6.45, 7) is 2.99. The zero-order chi connectivity index (χ0) is 13.9. The summed E-state index contributed by atoms with van der Waals surface area (Å²) in [5.41, 5.74) is 1.04. The van der Waals surface area contributed by atoms with Crippen LogP contribution in [-0.2, 0) is 0 Å². The van der Waals surface area contributed by atoms with E-state index in [0.717, 1.165) is 11.3 Å². The van der Waals surface area contributed by atoms with Gasteiger partial charge in [0.15, 0.2) is 0 Å². The molecule has 2 nitrogen and oxygen atoms in total. The quantitative estimate of drug-likeness (QED) is 0.845. The van der Waals surface area contributed by atoms with Gasteiger partial charge in [0.05, 0.1) is 6.61 Å². The second-order valence-electron chi connectivity index (χ2n) is 4.98. The van der Waals surface area contributed by atoms with Crippen LogP contribution >= 0.6 is 0 Å². The number of nitrogens with one attached hydrogen (secondary N) is 1. The van der Waals surface area contributed by atoms with Crippen molar-refractivity contribution in [2.45, 2.75) is 32.0 Å². The van der Waals surface area contributed by atoms with E-state index in [1.165, 1.54) is 0 Å². The van der Waals surface area contributed by atoms with E-state index in [0.29, 0.717) is 13.2 Å². The lowest BCUT2D eigenvalue weighted by Gasteiger charge is -2.32. The molecule has 1 N–H and O–H groups in total. The molecule has 0 saturated carbocycles. The fourth-order valence-electron chi connectivity index (χ4n) is 2.35. The normalized spacial score (nSPS) is 22.7. The van der Waals surface area contributed by atoms with Crippen molar-refractivity contribution >= 4 is 0 Å². The van der Waals surface area contributed by atoms with Gasteiger partial charge in [0.1, 0.15) is 5.75 Å². The molecule has 0 bridgehead atoms. The van der Waals surface area contributed by atoms with Crippen LogP contribution in [0.5, 0.6) is 5.75 Å². The van der Waals surface area contributed by atoms with Crippen molar-refractivity contribution in [1.29, 1.82) is 0 Å². The van der Waals surface area contributed by atoms with Crippen LogP contribution in [0.2, 0.25) is 0 Å². The maximum Gasteiger partial charge on any atom is 0.389 e. The van der Waals surface area contributed by atoms with Crippen molar-refractivity contribution in [3.05, 3.63) is 29.8 Å². The Morgan fingerprint density at radius 1 is 1.32 bits per heavy atom. The molecule has 1 aliphatic rings. The van der Waals surface area contributed by atoms with Gasteiger partial charge in [-0.05, 0) is 19.0 Å². The van der Waals surface area contributed by atoms with Gasteiger partial charge in [-0.2, -0.15) is 13.2 Å². The predicted octanol–water partition coefficient (Wildman–Crippen LogP) is 3.69. The molecular formula is C14H18F3NO. The first-order valence-corrected chi connectivity index (χ1v) is 6.49. The summed E-state index contributed by atoms with van der Waals surface area (Å²) in [6, 6.07) is 7.75. The second kappa shape index (κ2) is 5.82. The van der Waals surface area contributed by atoms with Crippen LogP contribution in [0.4, 0.5) is 13.2 Å². The molecule has 1 aliphatic heterocycles. The molecule has 0 amide bonds. The van der Waals surface area contributed by atoms with Crippen LogP contribution < -0.4 is 10.1 Å². The molecule has 0 aliphatic carbocycles. The Labute approximate surface area is 111 Å². The Morgan fingerprint density at radius 2 is 2.05 bits per heavy atom. The number of halogens is 3. The summed E-state index contributed by atoms with van der Waals surface area (Å²) < 4.78 is 41.9. The van der Waals surface area contributed by atoms with E-state index in [-0.39, 0.29) is 18.4 Å². The van der Waals surface area contributed by atoms with Gasteiger partial charge in [-0.3, -0.25) is 0 Å². The number of alkyl halides is 3. The molecule has 0 saturated heterocycles. The third-order valence-corrected chi connectivity index (χ3v) is 3.33. The summed E-state index contributed by atoms with van der Waals surface area (Å²) in [7, 11) is 0. The fraction of sp³-hybridized carbons (Fsp3) is 0.571. The minimum atomic E-state index is -4.07. The fourth-order valence-corrected chi connectivity index (χ4v) is 2.35. The highest BCUT2D eigenvalue weighted by molar-refractivity contribution is 5.37. The van der Waals surface area contributed by atoms with Crippen molar-refractivity contribution in [3.63, 3.8) is 0 Å². The lowest BCUT2D eigenvalue weighted by molar-refractivity contribution is -0.135. The molecule has 5 heteroatoms. The summed E-state index contributed by atoms with van der Waals surface area (Å²) in [4.78, 5) is 0. The van der Waals surface area contributed by atoms with E-state index in [4.69, 9.17) is 4.74 Å². The standard InChI is InChI=1S/C14H18F3NO/c1-10-9-19-12-6-3-2-5-11(12)13(10)18-8-4-7-14(15,16)17/h2-3,5-6,10,13,18H,4,7-9H2,1H3. The molecular weight excluding hydrogens is 255 g/mol. The molecule has 2 unspecified atom stereocenters. The predicted molar refractivity (Wildman–Crippen MR) is 67.1 cm³/mol. The Balaban J connectivity index is 1.92. The molecule has 2 atom stereocenters. The van der Waals surface area contributed by atoms with Gasteiger partial charge in [0.2, 0.25) is 0 Å². The molecule has 0 fully saturated rings. The molecule has 1 heterocycles. The summed E-state index contributed by atoms with van der Waals surface area (Å²) in [6.07, 6.45) is -4.70. The van der Waals surface area contributed by atoms with Crippen LogP contribution in [0.3, 0.4) is 0 Å². The number of rotatable bonds is 4. The SMILES string of the molecule is CC1COc2ccccc2C1NCCCC(F)(F)F. The number of benzene rings is 1. The molecule has 106 valence electrons. The van der Waals surface area contributed by atoms with Gasteiger partial charge in [-0.25, -0.2) is 0 Å². The van der Waals surface area contributed by atoms with Crippen molar-refractivity contribution in [2.24, 2.45) is 5.92 Å². The molecule has 1 aromatic rings. The maximum absolute atomic E-state index is 12.1. The monoisotopic (exact) mass is 273 g/mol. The van der Waals surface area contributed by atoms with Gasteiger partial charge in [0, 0.05) is 23.9 Å². The van der Waals surface area contributed by atoms with Crippen LogP contribution in [0.15, 0.2) is 24.3 Å². The van der Waals surface area contributed by atoms with E-state index in [1.807, 2.05) is 31.2 Å². The molecule has 2 rings (SSSR count). The first-order chi connectivity index (χ1) is 8.97.